The second kappa shape index (κ2) is 7.52. The Bertz CT molecular complexity index is 970. The number of rotatable bonds is 7. The Balaban J connectivity index is 1.74. The summed E-state index contributed by atoms with van der Waals surface area (Å²) in [5.74, 6) is -1.24. The fraction of sp³-hybridized carbons (Fsp3) is 0.500. The maximum atomic E-state index is 15.2. The van der Waals surface area contributed by atoms with Crippen LogP contribution in [0.15, 0.2) is 17.1 Å². The standard InChI is InChI=1S/C20H24FN3O4/c21-15-7-13-17(23-9-14(19(13)26)20(27)28)16(12-1-2-12)18(15)24-5-3-11(10-24)8-22-4-6-25/h7,9,11-12,22,25H,1-6,8,10H2,(H,23,26)(H,27,28). The van der Waals surface area contributed by atoms with Crippen molar-refractivity contribution >= 4 is 22.6 Å². The van der Waals surface area contributed by atoms with Crippen LogP contribution in [-0.2, 0) is 0 Å². The fourth-order valence-electron chi connectivity index (χ4n) is 4.19. The molecular formula is C20H24FN3O4. The lowest BCUT2D eigenvalue weighted by Gasteiger charge is -2.24. The number of nitrogens with zero attached hydrogens (tertiary/aromatic N) is 1. The molecule has 7 nitrogen and oxygen atoms in total. The van der Waals surface area contributed by atoms with Gasteiger partial charge in [-0.1, -0.05) is 0 Å². The van der Waals surface area contributed by atoms with Crippen LogP contribution in [0.2, 0.25) is 0 Å². The molecule has 1 aliphatic heterocycles. The lowest BCUT2D eigenvalue weighted by atomic mass is 10.0. The first-order valence-electron chi connectivity index (χ1n) is 9.68. The van der Waals surface area contributed by atoms with E-state index in [1.807, 2.05) is 4.90 Å². The maximum Gasteiger partial charge on any atom is 0.341 e. The monoisotopic (exact) mass is 389 g/mol. The molecule has 2 aromatic rings. The van der Waals surface area contributed by atoms with Crippen LogP contribution in [-0.4, -0.2) is 54.0 Å². The summed E-state index contributed by atoms with van der Waals surface area (Å²) in [7, 11) is 0. The Hall–Kier alpha value is -2.45. The molecule has 1 aromatic carbocycles. The lowest BCUT2D eigenvalue weighted by Crippen LogP contribution is -2.29. The lowest BCUT2D eigenvalue weighted by molar-refractivity contribution is 0.0695. The second-order valence-corrected chi connectivity index (χ2v) is 7.68. The molecule has 4 N–H and O–H groups in total. The van der Waals surface area contributed by atoms with Gasteiger partial charge in [0.2, 0.25) is 5.43 Å². The Morgan fingerprint density at radius 3 is 2.82 bits per heavy atom. The third-order valence-corrected chi connectivity index (χ3v) is 5.68. The first kappa shape index (κ1) is 18.9. The van der Waals surface area contributed by atoms with E-state index in [2.05, 4.69) is 10.3 Å². The molecule has 2 heterocycles. The highest BCUT2D eigenvalue weighted by molar-refractivity contribution is 5.95. The molecule has 1 atom stereocenters. The highest BCUT2D eigenvalue weighted by atomic mass is 19.1. The smallest absolute Gasteiger partial charge is 0.341 e. The first-order valence-corrected chi connectivity index (χ1v) is 9.68. The third-order valence-electron chi connectivity index (χ3n) is 5.68. The molecule has 0 radical (unpaired) electrons. The summed E-state index contributed by atoms with van der Waals surface area (Å²) >= 11 is 0. The summed E-state index contributed by atoms with van der Waals surface area (Å²) in [6.45, 7) is 2.83. The number of benzene rings is 1. The molecule has 2 aliphatic rings. The molecule has 4 rings (SSSR count). The molecule has 1 unspecified atom stereocenters. The Morgan fingerprint density at radius 1 is 1.36 bits per heavy atom. The van der Waals surface area contributed by atoms with Crippen molar-refractivity contribution < 1.29 is 19.4 Å². The van der Waals surface area contributed by atoms with Gasteiger partial charge < -0.3 is 25.4 Å². The topological polar surface area (TPSA) is 106 Å². The summed E-state index contributed by atoms with van der Waals surface area (Å²) in [5, 5.41) is 21.4. The van der Waals surface area contributed by atoms with Gasteiger partial charge in [-0.05, 0) is 43.7 Å². The van der Waals surface area contributed by atoms with Gasteiger partial charge in [-0.15, -0.1) is 0 Å². The Kier molecular flexibility index (Phi) is 5.07. The van der Waals surface area contributed by atoms with Gasteiger partial charge in [0, 0.05) is 36.8 Å². The number of aromatic nitrogens is 1. The first-order chi connectivity index (χ1) is 13.5. The molecule has 150 valence electrons. The van der Waals surface area contributed by atoms with Crippen molar-refractivity contribution in [3.8, 4) is 0 Å². The van der Waals surface area contributed by atoms with Crippen molar-refractivity contribution in [2.24, 2.45) is 5.92 Å². The van der Waals surface area contributed by atoms with Gasteiger partial charge in [-0.2, -0.15) is 0 Å². The molecule has 8 heteroatoms. The molecule has 0 amide bonds. The van der Waals surface area contributed by atoms with Gasteiger partial charge in [0.05, 0.1) is 17.8 Å². The van der Waals surface area contributed by atoms with E-state index in [-0.39, 0.29) is 23.5 Å². The van der Waals surface area contributed by atoms with E-state index in [4.69, 9.17) is 5.11 Å². The van der Waals surface area contributed by atoms with Gasteiger partial charge >= 0.3 is 5.97 Å². The van der Waals surface area contributed by atoms with Crippen LogP contribution in [0, 0.1) is 11.7 Å². The van der Waals surface area contributed by atoms with Crippen LogP contribution >= 0.6 is 0 Å². The van der Waals surface area contributed by atoms with E-state index in [1.54, 1.807) is 0 Å². The summed E-state index contributed by atoms with van der Waals surface area (Å²) in [5.41, 5.74) is 0.862. The number of aliphatic hydroxyl groups is 1. The minimum absolute atomic E-state index is 0.0905. The number of fused-ring (bicyclic) bond motifs is 1. The number of H-pyrrole nitrogens is 1. The number of hydrogen-bond acceptors (Lipinski definition) is 5. The number of aromatic carboxylic acids is 1. The van der Waals surface area contributed by atoms with E-state index >= 15 is 4.39 Å². The molecule has 1 saturated carbocycles. The minimum Gasteiger partial charge on any atom is -0.477 e. The molecule has 28 heavy (non-hydrogen) atoms. The highest BCUT2D eigenvalue weighted by Gasteiger charge is 2.35. The Labute approximate surface area is 161 Å². The average molecular weight is 389 g/mol. The third kappa shape index (κ3) is 3.38. The van der Waals surface area contributed by atoms with Crippen LogP contribution in [0.1, 0.15) is 41.1 Å². The summed E-state index contributed by atoms with van der Waals surface area (Å²) in [6, 6.07) is 1.18. The number of aliphatic hydroxyl groups excluding tert-OH is 1. The van der Waals surface area contributed by atoms with Crippen molar-refractivity contribution in [2.45, 2.75) is 25.2 Å². The number of hydrogen-bond donors (Lipinski definition) is 4. The number of pyridine rings is 1. The molecular weight excluding hydrogens is 365 g/mol. The van der Waals surface area contributed by atoms with Gasteiger partial charge in [-0.25, -0.2) is 9.18 Å². The second-order valence-electron chi connectivity index (χ2n) is 7.68. The van der Waals surface area contributed by atoms with E-state index in [0.29, 0.717) is 30.2 Å². The maximum absolute atomic E-state index is 15.2. The van der Waals surface area contributed by atoms with E-state index < -0.39 is 17.2 Å². The zero-order chi connectivity index (χ0) is 19.8. The van der Waals surface area contributed by atoms with Gasteiger partial charge in [-0.3, -0.25) is 4.79 Å². The number of carboxylic acids is 1. The van der Waals surface area contributed by atoms with Gasteiger partial charge in [0.25, 0.3) is 0 Å². The number of aromatic amines is 1. The van der Waals surface area contributed by atoms with Crippen LogP contribution in [0.3, 0.4) is 0 Å². The fourth-order valence-corrected chi connectivity index (χ4v) is 4.19. The number of halogens is 1. The molecule has 1 aromatic heterocycles. The SMILES string of the molecule is O=C(O)c1c[nH]c2c(C3CC3)c(N3CCC(CNCCO)C3)c(F)cc2c1=O. The van der Waals surface area contributed by atoms with Gasteiger partial charge in [0.1, 0.15) is 11.4 Å². The molecule has 2 fully saturated rings. The number of anilines is 1. The van der Waals surface area contributed by atoms with E-state index in [9.17, 15) is 14.7 Å². The summed E-state index contributed by atoms with van der Waals surface area (Å²) in [6.07, 6.45) is 4.01. The molecule has 1 aliphatic carbocycles. The zero-order valence-electron chi connectivity index (χ0n) is 15.5. The van der Waals surface area contributed by atoms with E-state index in [0.717, 1.165) is 37.9 Å². The average Bonchev–Trinajstić information content (AvgIpc) is 3.40. The van der Waals surface area contributed by atoms with Crippen LogP contribution < -0.4 is 15.6 Å². The number of nitrogens with one attached hydrogen (secondary N) is 2. The normalized spacial score (nSPS) is 19.5. The van der Waals surface area contributed by atoms with Crippen molar-refractivity contribution in [3.63, 3.8) is 0 Å². The van der Waals surface area contributed by atoms with Crippen LogP contribution in [0.5, 0.6) is 0 Å². The summed E-state index contributed by atoms with van der Waals surface area (Å²) in [4.78, 5) is 28.8. The quantitative estimate of drug-likeness (QED) is 0.537. The number of carbonyl (C=O) groups is 1. The zero-order valence-corrected chi connectivity index (χ0v) is 15.5. The van der Waals surface area contributed by atoms with Crippen LogP contribution in [0.4, 0.5) is 10.1 Å². The predicted molar refractivity (Wildman–Crippen MR) is 104 cm³/mol. The van der Waals surface area contributed by atoms with Crippen LogP contribution in [0.25, 0.3) is 10.9 Å². The summed E-state index contributed by atoms with van der Waals surface area (Å²) < 4.78 is 15.2. The van der Waals surface area contributed by atoms with Crippen molar-refractivity contribution in [2.75, 3.05) is 37.7 Å². The number of carboxylic acid groups (broad SMARTS) is 1. The highest BCUT2D eigenvalue weighted by Crippen LogP contribution is 2.48. The van der Waals surface area contributed by atoms with Crippen molar-refractivity contribution in [3.05, 3.63) is 39.4 Å². The van der Waals surface area contributed by atoms with E-state index in [1.165, 1.54) is 12.3 Å². The largest absolute Gasteiger partial charge is 0.477 e. The predicted octanol–water partition coefficient (Wildman–Crippen LogP) is 1.65. The Morgan fingerprint density at radius 2 is 2.14 bits per heavy atom. The molecule has 0 spiro atoms. The molecule has 1 saturated heterocycles. The van der Waals surface area contributed by atoms with Crippen molar-refractivity contribution in [1.29, 1.82) is 0 Å². The van der Waals surface area contributed by atoms with Gasteiger partial charge in [0.15, 0.2) is 0 Å². The van der Waals surface area contributed by atoms with Crippen molar-refractivity contribution in [1.82, 2.24) is 10.3 Å². The molecule has 0 bridgehead atoms. The minimum atomic E-state index is -1.32.